The molecule has 2 aliphatic rings. The number of fused-ring (bicyclic) bond motifs is 3. The molecule has 3 aromatic rings. The van der Waals surface area contributed by atoms with Gasteiger partial charge in [-0.15, -0.1) is 0 Å². The van der Waals surface area contributed by atoms with E-state index < -0.39 is 0 Å². The molecule has 0 aromatic heterocycles. The molecular formula is C27H24. The van der Waals surface area contributed by atoms with Crippen molar-refractivity contribution in [1.82, 2.24) is 0 Å². The van der Waals surface area contributed by atoms with E-state index in [1.54, 1.807) is 0 Å². The molecular weight excluding hydrogens is 324 g/mol. The van der Waals surface area contributed by atoms with E-state index in [4.69, 9.17) is 0 Å². The second-order valence-electron chi connectivity index (χ2n) is 8.47. The van der Waals surface area contributed by atoms with Crippen molar-refractivity contribution in [2.24, 2.45) is 5.41 Å². The maximum Gasteiger partial charge on any atom is -0.00132 e. The lowest BCUT2D eigenvalue weighted by atomic mass is 9.82. The molecule has 0 amide bonds. The molecule has 0 N–H and O–H groups in total. The average Bonchev–Trinajstić information content (AvgIpc) is 3.06. The standard InChI is InChI=1S/C27H24/c1-27(2)15-13-21(14-16-27)19-7-9-20(10-8-19)22-11-12-26-24(17-22)18-23-5-3-4-6-25(23)26/h3-15,17H,16,18H2,1-2H3. The van der Waals surface area contributed by atoms with Gasteiger partial charge in [-0.1, -0.05) is 98.8 Å². The van der Waals surface area contributed by atoms with E-state index >= 15 is 0 Å². The van der Waals surface area contributed by atoms with Crippen LogP contribution in [0.2, 0.25) is 0 Å². The van der Waals surface area contributed by atoms with Crippen LogP contribution in [-0.2, 0) is 6.42 Å². The first-order valence-corrected chi connectivity index (χ1v) is 9.81. The van der Waals surface area contributed by atoms with E-state index in [1.165, 1.54) is 44.5 Å². The summed E-state index contributed by atoms with van der Waals surface area (Å²) in [5, 5.41) is 0. The average molecular weight is 348 g/mol. The van der Waals surface area contributed by atoms with Crippen LogP contribution in [0.3, 0.4) is 0 Å². The van der Waals surface area contributed by atoms with Crippen molar-refractivity contribution < 1.29 is 0 Å². The maximum atomic E-state index is 2.37. The van der Waals surface area contributed by atoms with E-state index in [1.807, 2.05) is 0 Å². The van der Waals surface area contributed by atoms with Crippen LogP contribution in [-0.4, -0.2) is 0 Å². The fourth-order valence-electron chi connectivity index (χ4n) is 4.22. The van der Waals surface area contributed by atoms with Crippen molar-refractivity contribution in [2.75, 3.05) is 0 Å². The largest absolute Gasteiger partial charge is 0.0779 e. The highest BCUT2D eigenvalue weighted by Crippen LogP contribution is 2.39. The number of allylic oxidation sites excluding steroid dienone is 4. The molecule has 0 fully saturated rings. The first-order chi connectivity index (χ1) is 13.1. The van der Waals surface area contributed by atoms with Crippen molar-refractivity contribution in [1.29, 1.82) is 0 Å². The normalized spacial score (nSPS) is 16.6. The van der Waals surface area contributed by atoms with Crippen LogP contribution < -0.4 is 0 Å². The van der Waals surface area contributed by atoms with Crippen molar-refractivity contribution in [3.8, 4) is 22.3 Å². The van der Waals surface area contributed by atoms with Gasteiger partial charge in [-0.05, 0) is 62.8 Å². The van der Waals surface area contributed by atoms with Crippen LogP contribution in [0.5, 0.6) is 0 Å². The van der Waals surface area contributed by atoms with Crippen molar-refractivity contribution in [3.05, 3.63) is 102 Å². The highest BCUT2D eigenvalue weighted by atomic mass is 14.2. The Morgan fingerprint density at radius 3 is 2.19 bits per heavy atom. The zero-order valence-electron chi connectivity index (χ0n) is 16.0. The van der Waals surface area contributed by atoms with Crippen LogP contribution in [0.15, 0.2) is 85.0 Å². The first kappa shape index (κ1) is 16.3. The Bertz CT molecular complexity index is 1080. The minimum Gasteiger partial charge on any atom is -0.0779 e. The zero-order chi connectivity index (χ0) is 18.4. The first-order valence-electron chi connectivity index (χ1n) is 9.81. The Kier molecular flexibility index (Phi) is 3.68. The van der Waals surface area contributed by atoms with E-state index in [2.05, 4.69) is 98.8 Å². The quantitative estimate of drug-likeness (QED) is 0.357. The van der Waals surface area contributed by atoms with E-state index in [0.717, 1.165) is 12.8 Å². The molecule has 0 saturated carbocycles. The summed E-state index contributed by atoms with van der Waals surface area (Å²) in [5.41, 5.74) is 11.2. The highest BCUT2D eigenvalue weighted by Gasteiger charge is 2.19. The third-order valence-electron chi connectivity index (χ3n) is 5.91. The summed E-state index contributed by atoms with van der Waals surface area (Å²) < 4.78 is 0. The summed E-state index contributed by atoms with van der Waals surface area (Å²) >= 11 is 0. The molecule has 27 heavy (non-hydrogen) atoms. The van der Waals surface area contributed by atoms with Gasteiger partial charge in [0.25, 0.3) is 0 Å². The topological polar surface area (TPSA) is 0 Å². The van der Waals surface area contributed by atoms with Crippen molar-refractivity contribution >= 4 is 5.57 Å². The molecule has 0 heteroatoms. The van der Waals surface area contributed by atoms with Crippen LogP contribution >= 0.6 is 0 Å². The van der Waals surface area contributed by atoms with Crippen LogP contribution in [0.25, 0.3) is 27.8 Å². The summed E-state index contributed by atoms with van der Waals surface area (Å²) in [6.07, 6.45) is 9.11. The smallest absolute Gasteiger partial charge is 0.00132 e. The van der Waals surface area contributed by atoms with Gasteiger partial charge in [0.15, 0.2) is 0 Å². The van der Waals surface area contributed by atoms with Gasteiger partial charge in [0.1, 0.15) is 0 Å². The molecule has 0 unspecified atom stereocenters. The summed E-state index contributed by atoms with van der Waals surface area (Å²) in [7, 11) is 0. The van der Waals surface area contributed by atoms with Gasteiger partial charge in [0, 0.05) is 0 Å². The van der Waals surface area contributed by atoms with Gasteiger partial charge in [-0.25, -0.2) is 0 Å². The molecule has 0 bridgehead atoms. The van der Waals surface area contributed by atoms with Crippen molar-refractivity contribution in [3.63, 3.8) is 0 Å². The third-order valence-corrected chi connectivity index (χ3v) is 5.91. The predicted molar refractivity (Wildman–Crippen MR) is 116 cm³/mol. The minimum absolute atomic E-state index is 0.283. The minimum atomic E-state index is 0.283. The number of hydrogen-bond donors (Lipinski definition) is 0. The van der Waals surface area contributed by atoms with Gasteiger partial charge in [-0.3, -0.25) is 0 Å². The van der Waals surface area contributed by atoms with Gasteiger partial charge in [0.05, 0.1) is 0 Å². The van der Waals surface area contributed by atoms with E-state index in [-0.39, 0.29) is 5.41 Å². The molecule has 132 valence electrons. The van der Waals surface area contributed by atoms with Crippen molar-refractivity contribution in [2.45, 2.75) is 26.7 Å². The van der Waals surface area contributed by atoms with Gasteiger partial charge in [0.2, 0.25) is 0 Å². The Morgan fingerprint density at radius 2 is 1.41 bits per heavy atom. The Hall–Kier alpha value is -2.86. The third kappa shape index (κ3) is 2.96. The molecule has 0 nitrogen and oxygen atoms in total. The lowest BCUT2D eigenvalue weighted by Crippen LogP contribution is -2.08. The second kappa shape index (κ2) is 6.09. The molecule has 0 saturated heterocycles. The Morgan fingerprint density at radius 1 is 0.704 bits per heavy atom. The second-order valence-corrected chi connectivity index (χ2v) is 8.47. The lowest BCUT2D eigenvalue weighted by Gasteiger charge is -2.22. The molecule has 0 atom stereocenters. The summed E-state index contributed by atoms with van der Waals surface area (Å²) in [5.74, 6) is 0. The number of benzene rings is 3. The SMILES string of the molecule is CC1(C)C=CC(c2ccc(-c3ccc4c(c3)Cc3ccccc3-4)cc2)=CC1. The zero-order valence-corrected chi connectivity index (χ0v) is 16.0. The molecule has 0 aliphatic heterocycles. The van der Waals surface area contributed by atoms with Crippen LogP contribution in [0.1, 0.15) is 37.0 Å². The van der Waals surface area contributed by atoms with Gasteiger partial charge >= 0.3 is 0 Å². The molecule has 0 spiro atoms. The monoisotopic (exact) mass is 348 g/mol. The fraction of sp³-hybridized carbons (Fsp3) is 0.185. The van der Waals surface area contributed by atoms with Gasteiger partial charge in [-0.2, -0.15) is 0 Å². The van der Waals surface area contributed by atoms with E-state index in [9.17, 15) is 0 Å². The van der Waals surface area contributed by atoms with Gasteiger partial charge < -0.3 is 0 Å². The molecule has 5 rings (SSSR count). The molecule has 0 radical (unpaired) electrons. The lowest BCUT2D eigenvalue weighted by molar-refractivity contribution is 0.485. The number of rotatable bonds is 2. The number of hydrogen-bond acceptors (Lipinski definition) is 0. The Labute approximate surface area is 161 Å². The Balaban J connectivity index is 1.43. The highest BCUT2D eigenvalue weighted by molar-refractivity contribution is 5.81. The molecule has 0 heterocycles. The van der Waals surface area contributed by atoms with Crippen LogP contribution in [0, 0.1) is 5.41 Å². The van der Waals surface area contributed by atoms with Crippen LogP contribution in [0.4, 0.5) is 0 Å². The molecule has 3 aromatic carbocycles. The summed E-state index contributed by atoms with van der Waals surface area (Å²) in [6.45, 7) is 4.57. The fourth-order valence-corrected chi connectivity index (χ4v) is 4.22. The predicted octanol–water partition coefficient (Wildman–Crippen LogP) is 7.29. The summed E-state index contributed by atoms with van der Waals surface area (Å²) in [4.78, 5) is 0. The van der Waals surface area contributed by atoms with E-state index in [0.29, 0.717) is 0 Å². The molecule has 2 aliphatic carbocycles. The summed E-state index contributed by atoms with van der Waals surface area (Å²) in [6, 6.07) is 24.7. The maximum absolute atomic E-state index is 2.37.